The zero-order valence-electron chi connectivity index (χ0n) is 16.7. The van der Waals surface area contributed by atoms with E-state index >= 15 is 0 Å². The molecule has 0 bridgehead atoms. The molecule has 3 aromatic carbocycles. The van der Waals surface area contributed by atoms with Crippen molar-refractivity contribution in [2.24, 2.45) is 0 Å². The number of nitrogens with zero attached hydrogens (tertiary/aromatic N) is 3. The van der Waals surface area contributed by atoms with Crippen molar-refractivity contribution in [3.8, 4) is 5.75 Å². The summed E-state index contributed by atoms with van der Waals surface area (Å²) in [5.74, 6) is 1.30. The van der Waals surface area contributed by atoms with Gasteiger partial charge in [-0.05, 0) is 61.4 Å². The van der Waals surface area contributed by atoms with Gasteiger partial charge in [0.25, 0.3) is 0 Å². The number of phenolic OH excluding ortho intramolecular Hbond substituents is 1. The molecule has 0 aliphatic heterocycles. The van der Waals surface area contributed by atoms with Crippen molar-refractivity contribution < 1.29 is 5.11 Å². The molecule has 0 aliphatic carbocycles. The first kappa shape index (κ1) is 19.2. The van der Waals surface area contributed by atoms with Gasteiger partial charge in [-0.15, -0.1) is 0 Å². The van der Waals surface area contributed by atoms with Crippen molar-refractivity contribution in [2.45, 2.75) is 13.8 Å². The van der Waals surface area contributed by atoms with Gasteiger partial charge >= 0.3 is 0 Å². The smallest absolute Gasteiger partial charge is 0.233 e. The zero-order chi connectivity index (χ0) is 20.9. The topological polar surface area (TPSA) is 95.0 Å². The van der Waals surface area contributed by atoms with E-state index < -0.39 is 0 Å². The van der Waals surface area contributed by atoms with Crippen LogP contribution < -0.4 is 16.0 Å². The Kier molecular flexibility index (Phi) is 5.43. The summed E-state index contributed by atoms with van der Waals surface area (Å²) in [5, 5.41) is 19.3. The highest BCUT2D eigenvalue weighted by atomic mass is 16.3. The SMILES string of the molecule is Cc1cccc(Nc2nc(Nc3cccc(C)c3)nc(Nc3cccc(O)c3)n2)c1. The maximum atomic E-state index is 9.72. The summed E-state index contributed by atoms with van der Waals surface area (Å²) in [6, 6.07) is 22.7. The number of aromatic hydroxyl groups is 1. The van der Waals surface area contributed by atoms with Gasteiger partial charge in [0.2, 0.25) is 17.8 Å². The average molecular weight is 398 g/mol. The molecular formula is C23H22N6O. The van der Waals surface area contributed by atoms with Crippen LogP contribution in [-0.4, -0.2) is 20.1 Å². The number of phenols is 1. The Morgan fingerprint density at radius 2 is 0.967 bits per heavy atom. The molecule has 0 aliphatic rings. The molecule has 7 nitrogen and oxygen atoms in total. The first-order chi connectivity index (χ1) is 14.5. The second kappa shape index (κ2) is 8.48. The van der Waals surface area contributed by atoms with Gasteiger partial charge in [-0.3, -0.25) is 0 Å². The number of rotatable bonds is 6. The summed E-state index contributed by atoms with van der Waals surface area (Å²) in [6.07, 6.45) is 0. The Labute approximate surface area is 174 Å². The first-order valence-electron chi connectivity index (χ1n) is 9.53. The van der Waals surface area contributed by atoms with E-state index in [0.29, 0.717) is 23.5 Å². The van der Waals surface area contributed by atoms with Gasteiger partial charge in [-0.2, -0.15) is 15.0 Å². The summed E-state index contributed by atoms with van der Waals surface area (Å²) in [6.45, 7) is 4.05. The number of hydrogen-bond donors (Lipinski definition) is 4. The molecular weight excluding hydrogens is 376 g/mol. The van der Waals surface area contributed by atoms with Crippen LogP contribution in [0.1, 0.15) is 11.1 Å². The minimum atomic E-state index is 0.158. The van der Waals surface area contributed by atoms with Crippen LogP contribution in [0, 0.1) is 13.8 Å². The van der Waals surface area contributed by atoms with Crippen molar-refractivity contribution >= 4 is 34.9 Å². The van der Waals surface area contributed by atoms with Gasteiger partial charge < -0.3 is 21.1 Å². The molecule has 30 heavy (non-hydrogen) atoms. The highest BCUT2D eigenvalue weighted by Crippen LogP contribution is 2.23. The van der Waals surface area contributed by atoms with Crippen LogP contribution in [0.5, 0.6) is 5.75 Å². The van der Waals surface area contributed by atoms with E-state index in [1.54, 1.807) is 18.2 Å². The van der Waals surface area contributed by atoms with Crippen LogP contribution in [0.25, 0.3) is 0 Å². The number of nitrogens with one attached hydrogen (secondary N) is 3. The summed E-state index contributed by atoms with van der Waals surface area (Å²) in [4.78, 5) is 13.5. The molecule has 0 unspecified atom stereocenters. The van der Waals surface area contributed by atoms with Gasteiger partial charge in [0.05, 0.1) is 0 Å². The van der Waals surface area contributed by atoms with Crippen LogP contribution in [-0.2, 0) is 0 Å². The van der Waals surface area contributed by atoms with Crippen LogP contribution in [0.3, 0.4) is 0 Å². The predicted octanol–water partition coefficient (Wildman–Crippen LogP) is 5.42. The molecule has 0 fully saturated rings. The number of aryl methyl sites for hydroxylation is 2. The Bertz CT molecular complexity index is 1020. The first-order valence-corrected chi connectivity index (χ1v) is 9.53. The van der Waals surface area contributed by atoms with Crippen molar-refractivity contribution in [2.75, 3.05) is 16.0 Å². The average Bonchev–Trinajstić information content (AvgIpc) is 2.68. The molecule has 4 rings (SSSR count). The standard InChI is InChI=1S/C23H22N6O/c1-15-6-3-8-17(12-15)24-21-27-22(25-18-9-4-7-16(2)13-18)29-23(28-21)26-19-10-5-11-20(30)14-19/h3-14,30H,1-2H3,(H3,24,25,26,27,28,29). The van der Waals surface area contributed by atoms with Gasteiger partial charge in [0.1, 0.15) is 5.75 Å². The Hall–Kier alpha value is -4.13. The Balaban J connectivity index is 1.67. The predicted molar refractivity (Wildman–Crippen MR) is 120 cm³/mol. The lowest BCUT2D eigenvalue weighted by Crippen LogP contribution is -2.07. The maximum absolute atomic E-state index is 9.72. The third-order valence-electron chi connectivity index (χ3n) is 4.29. The quantitative estimate of drug-likeness (QED) is 0.344. The second-order valence-electron chi connectivity index (χ2n) is 6.97. The van der Waals surface area contributed by atoms with E-state index in [1.807, 2.05) is 68.4 Å². The Morgan fingerprint density at radius 1 is 0.567 bits per heavy atom. The van der Waals surface area contributed by atoms with E-state index in [2.05, 4.69) is 30.9 Å². The molecule has 1 aromatic heterocycles. The lowest BCUT2D eigenvalue weighted by molar-refractivity contribution is 0.475. The van der Waals surface area contributed by atoms with Crippen LogP contribution in [0.2, 0.25) is 0 Å². The molecule has 0 saturated carbocycles. The van der Waals surface area contributed by atoms with Gasteiger partial charge in [-0.25, -0.2) is 0 Å². The van der Waals surface area contributed by atoms with Gasteiger partial charge in [0, 0.05) is 23.1 Å². The summed E-state index contributed by atoms with van der Waals surface area (Å²) in [5.41, 5.74) is 4.69. The monoisotopic (exact) mass is 398 g/mol. The van der Waals surface area contributed by atoms with E-state index in [9.17, 15) is 5.11 Å². The normalized spacial score (nSPS) is 10.5. The molecule has 0 amide bonds. The summed E-state index contributed by atoms with van der Waals surface area (Å²) < 4.78 is 0. The van der Waals surface area contributed by atoms with E-state index in [4.69, 9.17) is 0 Å². The van der Waals surface area contributed by atoms with E-state index in [-0.39, 0.29) is 5.75 Å². The molecule has 0 saturated heterocycles. The molecule has 150 valence electrons. The van der Waals surface area contributed by atoms with Crippen molar-refractivity contribution in [3.63, 3.8) is 0 Å². The number of aromatic nitrogens is 3. The lowest BCUT2D eigenvalue weighted by atomic mass is 10.2. The van der Waals surface area contributed by atoms with E-state index in [0.717, 1.165) is 22.5 Å². The molecule has 4 N–H and O–H groups in total. The van der Waals surface area contributed by atoms with Crippen molar-refractivity contribution in [1.82, 2.24) is 15.0 Å². The number of anilines is 6. The second-order valence-corrected chi connectivity index (χ2v) is 6.97. The highest BCUT2D eigenvalue weighted by molar-refractivity contribution is 5.63. The van der Waals surface area contributed by atoms with Gasteiger partial charge in [0.15, 0.2) is 0 Å². The third-order valence-corrected chi connectivity index (χ3v) is 4.29. The fourth-order valence-corrected chi connectivity index (χ4v) is 2.96. The fourth-order valence-electron chi connectivity index (χ4n) is 2.96. The van der Waals surface area contributed by atoms with Crippen molar-refractivity contribution in [3.05, 3.63) is 83.9 Å². The molecule has 0 radical (unpaired) electrons. The number of hydrogen-bond acceptors (Lipinski definition) is 7. The molecule has 7 heteroatoms. The molecule has 0 atom stereocenters. The van der Waals surface area contributed by atoms with E-state index in [1.165, 1.54) is 0 Å². The van der Waals surface area contributed by atoms with Crippen LogP contribution >= 0.6 is 0 Å². The Morgan fingerprint density at radius 3 is 1.37 bits per heavy atom. The van der Waals surface area contributed by atoms with Crippen LogP contribution in [0.4, 0.5) is 34.9 Å². The molecule has 0 spiro atoms. The fraction of sp³-hybridized carbons (Fsp3) is 0.0870. The minimum Gasteiger partial charge on any atom is -0.508 e. The zero-order valence-corrected chi connectivity index (χ0v) is 16.7. The largest absolute Gasteiger partial charge is 0.508 e. The van der Waals surface area contributed by atoms with Crippen LogP contribution in [0.15, 0.2) is 72.8 Å². The maximum Gasteiger partial charge on any atom is 0.233 e. The third kappa shape index (κ3) is 5.02. The van der Waals surface area contributed by atoms with Crippen molar-refractivity contribution in [1.29, 1.82) is 0 Å². The minimum absolute atomic E-state index is 0.158. The number of benzene rings is 3. The lowest BCUT2D eigenvalue weighted by Gasteiger charge is -2.12. The summed E-state index contributed by atoms with van der Waals surface area (Å²) in [7, 11) is 0. The summed E-state index contributed by atoms with van der Waals surface area (Å²) >= 11 is 0. The molecule has 4 aromatic rings. The van der Waals surface area contributed by atoms with Gasteiger partial charge in [-0.1, -0.05) is 30.3 Å². The highest BCUT2D eigenvalue weighted by Gasteiger charge is 2.09. The molecule has 1 heterocycles.